The van der Waals surface area contributed by atoms with Crippen LogP contribution in [0.25, 0.3) is 0 Å². The number of carbonyl (C=O) groups is 1. The molecule has 0 bridgehead atoms. The molecule has 8 heteroatoms. The van der Waals surface area contributed by atoms with Crippen molar-refractivity contribution in [1.82, 2.24) is 20.6 Å². The zero-order valence-electron chi connectivity index (χ0n) is 15.4. The fourth-order valence-electron chi connectivity index (χ4n) is 2.54. The summed E-state index contributed by atoms with van der Waals surface area (Å²) in [5.74, 6) is -0.417. The van der Waals surface area contributed by atoms with E-state index in [0.29, 0.717) is 11.7 Å². The third kappa shape index (κ3) is 5.04. The van der Waals surface area contributed by atoms with E-state index in [4.69, 9.17) is 12.2 Å². The fraction of sp³-hybridized carbons (Fsp3) is 0.389. The third-order valence-electron chi connectivity index (χ3n) is 4.13. The molecule has 1 atom stereocenters. The first kappa shape index (κ1) is 20.4. The third-order valence-corrected chi connectivity index (χ3v) is 5.49. The Kier molecular flexibility index (Phi) is 7.16. The topological polar surface area (TPSA) is 71.0 Å². The molecule has 1 aromatic heterocycles. The number of carbonyl (C=O) groups excluding carboxylic acids is 1. The predicted octanol–water partition coefficient (Wildman–Crippen LogP) is 3.48. The normalized spacial score (nSPS) is 11.7. The molecule has 26 heavy (non-hydrogen) atoms. The number of amides is 1. The second-order valence-electron chi connectivity index (χ2n) is 6.15. The van der Waals surface area contributed by atoms with E-state index in [1.165, 1.54) is 0 Å². The van der Waals surface area contributed by atoms with E-state index < -0.39 is 0 Å². The van der Waals surface area contributed by atoms with Crippen LogP contribution in [0.5, 0.6) is 0 Å². The number of anilines is 1. The second-order valence-corrected chi connectivity index (χ2v) is 7.35. The number of para-hydroxylation sites is 1. The van der Waals surface area contributed by atoms with Gasteiger partial charge < -0.3 is 5.32 Å². The lowest BCUT2D eigenvalue weighted by molar-refractivity contribution is -0.125. The quantitative estimate of drug-likeness (QED) is 0.493. The van der Waals surface area contributed by atoms with E-state index in [1.807, 2.05) is 49.7 Å². The van der Waals surface area contributed by atoms with Gasteiger partial charge in [0.15, 0.2) is 5.11 Å². The molecule has 140 valence electrons. The van der Waals surface area contributed by atoms with Crippen LogP contribution in [0.15, 0.2) is 28.7 Å². The number of nitrogens with zero attached hydrogens (tertiary/aromatic N) is 2. The van der Waals surface area contributed by atoms with E-state index in [0.717, 1.165) is 33.5 Å². The number of hydrogen-bond donors (Lipinski definition) is 3. The lowest BCUT2D eigenvalue weighted by atomic mass is 10.1. The molecule has 0 spiro atoms. The highest BCUT2D eigenvalue weighted by molar-refractivity contribution is 9.10. The Balaban J connectivity index is 1.87. The SMILES string of the molecule is CCc1ccccc1NC(=S)NNC(=O)[C@@H](C)Cn1nc(C)c(Br)c1C. The highest BCUT2D eigenvalue weighted by Gasteiger charge is 2.17. The van der Waals surface area contributed by atoms with Gasteiger partial charge in [0.05, 0.1) is 22.6 Å². The molecular formula is C18H24BrN5OS. The van der Waals surface area contributed by atoms with Gasteiger partial charge >= 0.3 is 0 Å². The molecule has 0 saturated carbocycles. The summed E-state index contributed by atoms with van der Waals surface area (Å²) in [6, 6.07) is 7.93. The average molecular weight is 438 g/mol. The Hall–Kier alpha value is -1.93. The van der Waals surface area contributed by atoms with Crippen LogP contribution in [0.4, 0.5) is 5.69 Å². The summed E-state index contributed by atoms with van der Waals surface area (Å²) in [4.78, 5) is 12.3. The van der Waals surface area contributed by atoms with Crippen LogP contribution in [0, 0.1) is 19.8 Å². The largest absolute Gasteiger partial charge is 0.331 e. The second kappa shape index (κ2) is 9.14. The van der Waals surface area contributed by atoms with Gasteiger partial charge in [-0.3, -0.25) is 20.3 Å². The van der Waals surface area contributed by atoms with Crippen molar-refractivity contribution >= 4 is 44.9 Å². The number of aromatic nitrogens is 2. The van der Waals surface area contributed by atoms with Gasteiger partial charge in [0.1, 0.15) is 0 Å². The van der Waals surface area contributed by atoms with Crippen LogP contribution in [-0.2, 0) is 17.8 Å². The predicted molar refractivity (Wildman–Crippen MR) is 112 cm³/mol. The van der Waals surface area contributed by atoms with Crippen molar-refractivity contribution in [3.63, 3.8) is 0 Å². The van der Waals surface area contributed by atoms with Gasteiger partial charge in [-0.05, 0) is 60.0 Å². The van der Waals surface area contributed by atoms with Gasteiger partial charge in [-0.25, -0.2) is 0 Å². The summed E-state index contributed by atoms with van der Waals surface area (Å²) in [5.41, 5.74) is 9.42. The minimum absolute atomic E-state index is 0.151. The van der Waals surface area contributed by atoms with Crippen molar-refractivity contribution in [1.29, 1.82) is 0 Å². The zero-order valence-corrected chi connectivity index (χ0v) is 17.8. The van der Waals surface area contributed by atoms with Gasteiger partial charge in [-0.15, -0.1) is 0 Å². The van der Waals surface area contributed by atoms with E-state index in [2.05, 4.69) is 44.1 Å². The molecule has 0 aliphatic carbocycles. The Morgan fingerprint density at radius 2 is 2.00 bits per heavy atom. The van der Waals surface area contributed by atoms with Crippen molar-refractivity contribution in [3.8, 4) is 0 Å². The first-order valence-corrected chi connectivity index (χ1v) is 9.67. The Bertz CT molecular complexity index is 805. The molecule has 3 N–H and O–H groups in total. The smallest absolute Gasteiger partial charge is 0.243 e. The fourth-order valence-corrected chi connectivity index (χ4v) is 2.99. The maximum Gasteiger partial charge on any atom is 0.243 e. The highest BCUT2D eigenvalue weighted by atomic mass is 79.9. The number of nitrogens with one attached hydrogen (secondary N) is 3. The minimum Gasteiger partial charge on any atom is -0.331 e. The van der Waals surface area contributed by atoms with Gasteiger partial charge in [0.25, 0.3) is 0 Å². The number of halogens is 1. The van der Waals surface area contributed by atoms with Crippen LogP contribution in [0.1, 0.15) is 30.8 Å². The summed E-state index contributed by atoms with van der Waals surface area (Å²) in [6.45, 7) is 8.32. The minimum atomic E-state index is -0.266. The number of hydrazine groups is 1. The molecular weight excluding hydrogens is 414 g/mol. The Labute approximate surface area is 167 Å². The molecule has 0 fully saturated rings. The summed E-state index contributed by atoms with van der Waals surface area (Å²) in [5, 5.41) is 7.89. The van der Waals surface area contributed by atoms with E-state index in [9.17, 15) is 4.79 Å². The van der Waals surface area contributed by atoms with Crippen LogP contribution in [0.3, 0.4) is 0 Å². The molecule has 0 saturated heterocycles. The molecule has 2 aromatic rings. The van der Waals surface area contributed by atoms with Gasteiger partial charge in [-0.1, -0.05) is 32.0 Å². The maximum atomic E-state index is 12.3. The summed E-state index contributed by atoms with van der Waals surface area (Å²) in [7, 11) is 0. The lowest BCUT2D eigenvalue weighted by Crippen LogP contribution is -2.46. The van der Waals surface area contributed by atoms with Gasteiger partial charge in [-0.2, -0.15) is 5.10 Å². The first-order valence-electron chi connectivity index (χ1n) is 8.47. The van der Waals surface area contributed by atoms with E-state index in [1.54, 1.807) is 0 Å². The number of aryl methyl sites for hydroxylation is 2. The van der Waals surface area contributed by atoms with Crippen LogP contribution in [-0.4, -0.2) is 20.8 Å². The maximum absolute atomic E-state index is 12.3. The lowest BCUT2D eigenvalue weighted by Gasteiger charge is -2.16. The van der Waals surface area contributed by atoms with Crippen molar-refractivity contribution < 1.29 is 4.79 Å². The number of benzene rings is 1. The number of hydrogen-bond acceptors (Lipinski definition) is 3. The zero-order chi connectivity index (χ0) is 19.3. The Morgan fingerprint density at radius 3 is 2.62 bits per heavy atom. The number of rotatable bonds is 5. The summed E-state index contributed by atoms with van der Waals surface area (Å²) < 4.78 is 2.81. The highest BCUT2D eigenvalue weighted by Crippen LogP contribution is 2.20. The molecule has 2 rings (SSSR count). The molecule has 0 aliphatic heterocycles. The Morgan fingerprint density at radius 1 is 1.31 bits per heavy atom. The van der Waals surface area contributed by atoms with Crippen molar-refractivity contribution in [3.05, 3.63) is 45.7 Å². The number of thiocarbonyl (C=S) groups is 1. The van der Waals surface area contributed by atoms with Gasteiger partial charge in [0, 0.05) is 11.4 Å². The van der Waals surface area contributed by atoms with E-state index >= 15 is 0 Å². The standard InChI is InChI=1S/C18H24BrN5OS/c1-5-14-8-6-7-9-15(14)20-18(26)22-21-17(25)11(2)10-24-13(4)16(19)12(3)23-24/h6-9,11H,5,10H2,1-4H3,(H,21,25)(H2,20,22,26)/t11-/m0/s1. The first-order chi connectivity index (χ1) is 12.3. The average Bonchev–Trinajstić information content (AvgIpc) is 2.86. The molecule has 6 nitrogen and oxygen atoms in total. The van der Waals surface area contributed by atoms with Crippen molar-refractivity contribution in [2.75, 3.05) is 5.32 Å². The van der Waals surface area contributed by atoms with Crippen LogP contribution in [0.2, 0.25) is 0 Å². The van der Waals surface area contributed by atoms with Gasteiger partial charge in [0.2, 0.25) is 5.91 Å². The van der Waals surface area contributed by atoms with Crippen molar-refractivity contribution in [2.24, 2.45) is 5.92 Å². The summed E-state index contributed by atoms with van der Waals surface area (Å²) in [6.07, 6.45) is 0.896. The molecule has 1 heterocycles. The molecule has 0 unspecified atom stereocenters. The molecule has 0 aliphatic rings. The monoisotopic (exact) mass is 437 g/mol. The molecule has 0 radical (unpaired) electrons. The molecule has 1 amide bonds. The van der Waals surface area contributed by atoms with Crippen LogP contribution < -0.4 is 16.2 Å². The summed E-state index contributed by atoms with van der Waals surface area (Å²) >= 11 is 8.76. The van der Waals surface area contributed by atoms with Crippen molar-refractivity contribution in [2.45, 2.75) is 40.7 Å². The van der Waals surface area contributed by atoms with E-state index in [-0.39, 0.29) is 11.8 Å². The van der Waals surface area contributed by atoms with Crippen LogP contribution >= 0.6 is 28.1 Å². The molecule has 1 aromatic carbocycles.